The van der Waals surface area contributed by atoms with E-state index < -0.39 is 10.8 Å². The van der Waals surface area contributed by atoms with Crippen molar-refractivity contribution in [1.29, 1.82) is 5.26 Å². The fourth-order valence-electron chi connectivity index (χ4n) is 3.05. The van der Waals surface area contributed by atoms with Crippen LogP contribution in [0, 0.1) is 28.4 Å². The van der Waals surface area contributed by atoms with Gasteiger partial charge >= 0.3 is 0 Å². The molecule has 0 radical (unpaired) electrons. The topological polar surface area (TPSA) is 114 Å². The summed E-state index contributed by atoms with van der Waals surface area (Å²) in [7, 11) is 1.45. The number of rotatable bonds is 8. The molecule has 0 unspecified atom stereocenters. The maximum Gasteiger partial charge on any atom is 0.292 e. The molecule has 34 heavy (non-hydrogen) atoms. The molecule has 3 rings (SSSR count). The molecule has 0 atom stereocenters. The molecule has 8 nitrogen and oxygen atoms in total. The first-order chi connectivity index (χ1) is 16.3. The van der Waals surface area contributed by atoms with Crippen LogP contribution < -0.4 is 14.8 Å². The lowest BCUT2D eigenvalue weighted by Gasteiger charge is -2.14. The number of benzene rings is 3. The summed E-state index contributed by atoms with van der Waals surface area (Å²) in [6.07, 6.45) is 1.31. The standard InChI is InChI=1S/C25H20ClN3O5/c1-16-7-9-17(10-8-16)15-34-24-20(26)12-18(13-23(24)33-2)11-19(14-27)25(30)28-21-5-3-4-6-22(21)29(31)32/h3-13H,15H2,1-2H3,(H,28,30)/b19-11-. The zero-order chi connectivity index (χ0) is 24.7. The Labute approximate surface area is 201 Å². The van der Waals surface area contributed by atoms with Crippen molar-refractivity contribution in [1.82, 2.24) is 0 Å². The minimum atomic E-state index is -0.799. The molecule has 3 aromatic carbocycles. The molecule has 0 heterocycles. The maximum absolute atomic E-state index is 12.6. The largest absolute Gasteiger partial charge is 0.493 e. The molecular weight excluding hydrogens is 458 g/mol. The van der Waals surface area contributed by atoms with Gasteiger partial charge in [-0.05, 0) is 42.3 Å². The molecule has 0 saturated heterocycles. The summed E-state index contributed by atoms with van der Waals surface area (Å²) in [5.74, 6) is -0.154. The van der Waals surface area contributed by atoms with Crippen molar-refractivity contribution < 1.29 is 19.2 Å². The van der Waals surface area contributed by atoms with Crippen molar-refractivity contribution >= 4 is 35.0 Å². The summed E-state index contributed by atoms with van der Waals surface area (Å²) in [4.78, 5) is 23.1. The van der Waals surface area contributed by atoms with E-state index >= 15 is 0 Å². The lowest BCUT2D eigenvalue weighted by Crippen LogP contribution is -2.14. The van der Waals surface area contributed by atoms with Gasteiger partial charge in [0, 0.05) is 6.07 Å². The zero-order valence-electron chi connectivity index (χ0n) is 18.4. The summed E-state index contributed by atoms with van der Waals surface area (Å²) < 4.78 is 11.2. The van der Waals surface area contributed by atoms with E-state index in [0.717, 1.165) is 11.1 Å². The lowest BCUT2D eigenvalue weighted by molar-refractivity contribution is -0.383. The second-order valence-electron chi connectivity index (χ2n) is 7.21. The number of nitriles is 1. The smallest absolute Gasteiger partial charge is 0.292 e. The third-order valence-corrected chi connectivity index (χ3v) is 5.06. The molecule has 0 fully saturated rings. The predicted octanol–water partition coefficient (Wildman–Crippen LogP) is 5.69. The Balaban J connectivity index is 1.84. The molecular formula is C25H20ClN3O5. The normalized spacial score (nSPS) is 10.8. The van der Waals surface area contributed by atoms with Gasteiger partial charge in [0.15, 0.2) is 11.5 Å². The molecule has 0 aliphatic heterocycles. The lowest BCUT2D eigenvalue weighted by atomic mass is 10.1. The Hall–Kier alpha value is -4.35. The van der Waals surface area contributed by atoms with Crippen molar-refractivity contribution in [2.24, 2.45) is 0 Å². The van der Waals surface area contributed by atoms with E-state index in [1.54, 1.807) is 18.2 Å². The van der Waals surface area contributed by atoms with Gasteiger partial charge in [0.1, 0.15) is 23.9 Å². The first kappa shape index (κ1) is 24.3. The third-order valence-electron chi connectivity index (χ3n) is 4.78. The number of anilines is 1. The summed E-state index contributed by atoms with van der Waals surface area (Å²) in [6, 6.07) is 18.4. The van der Waals surface area contributed by atoms with Crippen LogP contribution in [0.2, 0.25) is 5.02 Å². The van der Waals surface area contributed by atoms with Gasteiger partial charge in [-0.15, -0.1) is 0 Å². The van der Waals surface area contributed by atoms with Crippen LogP contribution in [-0.2, 0) is 11.4 Å². The Bertz CT molecular complexity index is 1300. The van der Waals surface area contributed by atoms with Crippen molar-refractivity contribution in [3.8, 4) is 17.6 Å². The van der Waals surface area contributed by atoms with E-state index in [9.17, 15) is 20.2 Å². The van der Waals surface area contributed by atoms with Gasteiger partial charge in [-0.1, -0.05) is 53.6 Å². The van der Waals surface area contributed by atoms with Crippen LogP contribution in [0.25, 0.3) is 6.08 Å². The second kappa shape index (κ2) is 11.0. The number of nitro benzene ring substituents is 1. The maximum atomic E-state index is 12.6. The number of hydrogen-bond acceptors (Lipinski definition) is 6. The van der Waals surface area contributed by atoms with Crippen LogP contribution in [0.3, 0.4) is 0 Å². The SMILES string of the molecule is COc1cc(/C=C(/C#N)C(=O)Nc2ccccc2[N+](=O)[O-])cc(Cl)c1OCc1ccc(C)cc1. The van der Waals surface area contributed by atoms with Gasteiger partial charge in [-0.3, -0.25) is 14.9 Å². The van der Waals surface area contributed by atoms with E-state index in [1.807, 2.05) is 31.2 Å². The fourth-order valence-corrected chi connectivity index (χ4v) is 3.32. The van der Waals surface area contributed by atoms with Crippen molar-refractivity contribution in [3.05, 3.63) is 98.1 Å². The summed E-state index contributed by atoms with van der Waals surface area (Å²) in [5.41, 5.74) is 1.92. The minimum absolute atomic E-state index is 0.0193. The highest BCUT2D eigenvalue weighted by molar-refractivity contribution is 6.32. The molecule has 0 aliphatic carbocycles. The highest BCUT2D eigenvalue weighted by Crippen LogP contribution is 2.37. The number of carbonyl (C=O) groups is 1. The number of hydrogen-bond donors (Lipinski definition) is 1. The number of nitrogens with one attached hydrogen (secondary N) is 1. The Morgan fingerprint density at radius 3 is 2.56 bits per heavy atom. The van der Waals surface area contributed by atoms with Gasteiger partial charge in [0.2, 0.25) is 0 Å². The Morgan fingerprint density at radius 1 is 1.21 bits per heavy atom. The van der Waals surface area contributed by atoms with Crippen molar-refractivity contribution in [2.45, 2.75) is 13.5 Å². The highest BCUT2D eigenvalue weighted by Gasteiger charge is 2.18. The van der Waals surface area contributed by atoms with Gasteiger partial charge < -0.3 is 14.8 Å². The van der Waals surface area contributed by atoms with Crippen LogP contribution in [0.5, 0.6) is 11.5 Å². The minimum Gasteiger partial charge on any atom is -0.493 e. The van der Waals surface area contributed by atoms with Crippen molar-refractivity contribution in [3.63, 3.8) is 0 Å². The van der Waals surface area contributed by atoms with E-state index in [1.165, 1.54) is 37.5 Å². The highest BCUT2D eigenvalue weighted by atomic mass is 35.5. The number of halogens is 1. The molecule has 1 amide bonds. The molecule has 1 N–H and O–H groups in total. The summed E-state index contributed by atoms with van der Waals surface area (Å²) in [6.45, 7) is 2.26. The monoisotopic (exact) mass is 477 g/mol. The number of amides is 1. The zero-order valence-corrected chi connectivity index (χ0v) is 19.1. The Morgan fingerprint density at radius 2 is 1.91 bits per heavy atom. The predicted molar refractivity (Wildman–Crippen MR) is 129 cm³/mol. The number of nitro groups is 1. The molecule has 0 aliphatic rings. The van der Waals surface area contributed by atoms with Crippen LogP contribution in [0.4, 0.5) is 11.4 Å². The first-order valence-electron chi connectivity index (χ1n) is 10.0. The molecule has 0 bridgehead atoms. The van der Waals surface area contributed by atoms with Gasteiger partial charge in [-0.25, -0.2) is 0 Å². The van der Waals surface area contributed by atoms with Gasteiger partial charge in [0.25, 0.3) is 11.6 Å². The quantitative estimate of drug-likeness (QED) is 0.193. The summed E-state index contributed by atoms with van der Waals surface area (Å²) >= 11 is 6.40. The average molecular weight is 478 g/mol. The molecule has 9 heteroatoms. The summed E-state index contributed by atoms with van der Waals surface area (Å²) in [5, 5.41) is 23.3. The molecule has 3 aromatic rings. The number of methoxy groups -OCH3 is 1. The molecule has 0 aromatic heterocycles. The Kier molecular flexibility index (Phi) is 7.85. The second-order valence-corrected chi connectivity index (χ2v) is 7.61. The van der Waals surface area contributed by atoms with Gasteiger partial charge in [-0.2, -0.15) is 5.26 Å². The molecule has 0 spiro atoms. The molecule has 0 saturated carbocycles. The molecule has 172 valence electrons. The number of carbonyl (C=O) groups excluding carboxylic acids is 1. The van der Waals surface area contributed by atoms with E-state index in [-0.39, 0.29) is 28.6 Å². The van der Waals surface area contributed by atoms with Gasteiger partial charge in [0.05, 0.1) is 17.1 Å². The van der Waals surface area contributed by atoms with Crippen molar-refractivity contribution in [2.75, 3.05) is 12.4 Å². The number of aryl methyl sites for hydroxylation is 1. The number of ether oxygens (including phenoxy) is 2. The van der Waals surface area contributed by atoms with E-state index in [0.29, 0.717) is 17.1 Å². The number of para-hydroxylation sites is 2. The van der Waals surface area contributed by atoms with Crippen LogP contribution >= 0.6 is 11.6 Å². The van der Waals surface area contributed by atoms with Crippen LogP contribution in [-0.4, -0.2) is 17.9 Å². The average Bonchev–Trinajstić information content (AvgIpc) is 2.82. The van der Waals surface area contributed by atoms with E-state index in [4.69, 9.17) is 21.1 Å². The van der Waals surface area contributed by atoms with Crippen LogP contribution in [0.15, 0.2) is 66.2 Å². The van der Waals surface area contributed by atoms with Crippen LogP contribution in [0.1, 0.15) is 16.7 Å². The fraction of sp³-hybridized carbons (Fsp3) is 0.120. The first-order valence-corrected chi connectivity index (χ1v) is 10.4. The number of nitrogens with zero attached hydrogens (tertiary/aromatic N) is 2. The third kappa shape index (κ3) is 5.91. The van der Waals surface area contributed by atoms with E-state index in [2.05, 4.69) is 5.32 Å².